The summed E-state index contributed by atoms with van der Waals surface area (Å²) in [6.07, 6.45) is -1.21. The highest BCUT2D eigenvalue weighted by atomic mass is 35.5. The van der Waals surface area contributed by atoms with Crippen molar-refractivity contribution in [1.82, 2.24) is 0 Å². The number of carbonyl (C=O) groups excluding carboxylic acids is 1. The lowest BCUT2D eigenvalue weighted by Crippen LogP contribution is -2.16. The molecule has 0 aromatic heterocycles. The van der Waals surface area contributed by atoms with Crippen LogP contribution in [0.15, 0.2) is 36.4 Å². The first-order chi connectivity index (χ1) is 11.3. The standard InChI is InChI=1S/C18H15ClF3NO/c19-15-7-6-14(18(20,21)22)10-16(15)23-17(24)9-11-4-5-12-2-1-3-13(12)8-11/h4-8,10H,1-3,9H2,(H,23,24). The van der Waals surface area contributed by atoms with Crippen molar-refractivity contribution in [1.29, 1.82) is 0 Å². The van der Waals surface area contributed by atoms with Gasteiger partial charge in [-0.3, -0.25) is 4.79 Å². The van der Waals surface area contributed by atoms with Crippen LogP contribution in [0.5, 0.6) is 0 Å². The van der Waals surface area contributed by atoms with E-state index in [1.807, 2.05) is 18.2 Å². The number of hydrogen-bond donors (Lipinski definition) is 1. The van der Waals surface area contributed by atoms with E-state index in [9.17, 15) is 18.0 Å². The Balaban J connectivity index is 1.73. The van der Waals surface area contributed by atoms with Crippen LogP contribution in [0.4, 0.5) is 18.9 Å². The van der Waals surface area contributed by atoms with Crippen LogP contribution in [0.3, 0.4) is 0 Å². The monoisotopic (exact) mass is 353 g/mol. The first-order valence-electron chi connectivity index (χ1n) is 7.60. The molecule has 0 heterocycles. The van der Waals surface area contributed by atoms with Crippen molar-refractivity contribution in [3.8, 4) is 0 Å². The van der Waals surface area contributed by atoms with Crippen LogP contribution in [-0.2, 0) is 30.2 Å². The molecule has 0 unspecified atom stereocenters. The van der Waals surface area contributed by atoms with E-state index in [1.165, 1.54) is 11.1 Å². The highest BCUT2D eigenvalue weighted by molar-refractivity contribution is 6.33. The third-order valence-electron chi connectivity index (χ3n) is 4.10. The van der Waals surface area contributed by atoms with E-state index in [0.29, 0.717) is 0 Å². The van der Waals surface area contributed by atoms with Crippen LogP contribution in [0.25, 0.3) is 0 Å². The number of rotatable bonds is 3. The van der Waals surface area contributed by atoms with Gasteiger partial charge >= 0.3 is 6.18 Å². The van der Waals surface area contributed by atoms with Crippen LogP contribution in [-0.4, -0.2) is 5.91 Å². The number of benzene rings is 2. The molecule has 0 aliphatic heterocycles. The summed E-state index contributed by atoms with van der Waals surface area (Å²) in [6.45, 7) is 0. The van der Waals surface area contributed by atoms with E-state index in [1.54, 1.807) is 0 Å². The number of hydrogen-bond acceptors (Lipinski definition) is 1. The van der Waals surface area contributed by atoms with E-state index >= 15 is 0 Å². The molecule has 0 saturated carbocycles. The molecular weight excluding hydrogens is 339 g/mol. The van der Waals surface area contributed by atoms with Gasteiger partial charge in [-0.15, -0.1) is 0 Å². The van der Waals surface area contributed by atoms with Crippen LogP contribution >= 0.6 is 11.6 Å². The minimum Gasteiger partial charge on any atom is -0.324 e. The largest absolute Gasteiger partial charge is 0.416 e. The van der Waals surface area contributed by atoms with Crippen LogP contribution in [0.1, 0.15) is 28.7 Å². The van der Waals surface area contributed by atoms with Gasteiger partial charge in [-0.05, 0) is 54.2 Å². The number of amides is 1. The Labute approximate surface area is 142 Å². The number of anilines is 1. The number of aryl methyl sites for hydroxylation is 2. The van der Waals surface area contributed by atoms with Crippen molar-refractivity contribution in [2.45, 2.75) is 31.9 Å². The maximum Gasteiger partial charge on any atom is 0.416 e. The molecule has 3 rings (SSSR count). The zero-order valence-electron chi connectivity index (χ0n) is 12.7. The Morgan fingerprint density at radius 2 is 1.83 bits per heavy atom. The van der Waals surface area contributed by atoms with Gasteiger partial charge in [0.25, 0.3) is 0 Å². The van der Waals surface area contributed by atoms with Crippen LogP contribution < -0.4 is 5.32 Å². The second-order valence-electron chi connectivity index (χ2n) is 5.87. The fraction of sp³-hybridized carbons (Fsp3) is 0.278. The second kappa shape index (κ2) is 6.48. The maximum absolute atomic E-state index is 12.8. The molecule has 1 aliphatic carbocycles. The van der Waals surface area contributed by atoms with E-state index in [2.05, 4.69) is 5.32 Å². The molecule has 126 valence electrons. The molecule has 6 heteroatoms. The number of alkyl halides is 3. The number of halogens is 4. The smallest absolute Gasteiger partial charge is 0.324 e. The van der Waals surface area contributed by atoms with Gasteiger partial charge in [0.2, 0.25) is 5.91 Å². The topological polar surface area (TPSA) is 29.1 Å². The van der Waals surface area contributed by atoms with Crippen molar-refractivity contribution in [3.63, 3.8) is 0 Å². The zero-order chi connectivity index (χ0) is 17.3. The van der Waals surface area contributed by atoms with Crippen molar-refractivity contribution in [2.75, 3.05) is 5.32 Å². The van der Waals surface area contributed by atoms with Crippen LogP contribution in [0.2, 0.25) is 5.02 Å². The Morgan fingerprint density at radius 1 is 1.08 bits per heavy atom. The van der Waals surface area contributed by atoms with Gasteiger partial charge in [0, 0.05) is 0 Å². The van der Waals surface area contributed by atoms with Crippen LogP contribution in [0, 0.1) is 0 Å². The number of nitrogens with one attached hydrogen (secondary N) is 1. The summed E-state index contributed by atoms with van der Waals surface area (Å²) >= 11 is 5.89. The quantitative estimate of drug-likeness (QED) is 0.824. The normalized spacial score (nSPS) is 13.7. The molecular formula is C18H15ClF3NO. The summed E-state index contributed by atoms with van der Waals surface area (Å²) < 4.78 is 38.3. The Hall–Kier alpha value is -2.01. The summed E-state index contributed by atoms with van der Waals surface area (Å²) in [6, 6.07) is 8.77. The number of fused-ring (bicyclic) bond motifs is 1. The van der Waals surface area contributed by atoms with Gasteiger partial charge in [0.1, 0.15) is 0 Å². The Morgan fingerprint density at radius 3 is 2.58 bits per heavy atom. The number of carbonyl (C=O) groups is 1. The third-order valence-corrected chi connectivity index (χ3v) is 4.42. The Bertz CT molecular complexity index is 786. The molecule has 1 N–H and O–H groups in total. The minimum atomic E-state index is -4.48. The van der Waals surface area contributed by atoms with Gasteiger partial charge in [-0.1, -0.05) is 29.8 Å². The van der Waals surface area contributed by atoms with Crippen molar-refractivity contribution >= 4 is 23.2 Å². The van der Waals surface area contributed by atoms with Gasteiger partial charge < -0.3 is 5.32 Å². The van der Waals surface area contributed by atoms with E-state index < -0.39 is 17.6 Å². The molecule has 0 saturated heterocycles. The van der Waals surface area contributed by atoms with Crippen molar-refractivity contribution in [2.24, 2.45) is 0 Å². The molecule has 0 bridgehead atoms. The fourth-order valence-electron chi connectivity index (χ4n) is 2.91. The van der Waals surface area contributed by atoms with Gasteiger partial charge in [0.15, 0.2) is 0 Å². The van der Waals surface area contributed by atoms with Crippen molar-refractivity contribution < 1.29 is 18.0 Å². The third kappa shape index (κ3) is 3.73. The molecule has 1 amide bonds. The van der Waals surface area contributed by atoms with E-state index in [0.717, 1.165) is 43.0 Å². The minimum absolute atomic E-state index is 0.0300. The lowest BCUT2D eigenvalue weighted by Gasteiger charge is -2.12. The average molecular weight is 354 g/mol. The highest BCUT2D eigenvalue weighted by Gasteiger charge is 2.31. The molecule has 1 aliphatic rings. The van der Waals surface area contributed by atoms with E-state index in [-0.39, 0.29) is 17.1 Å². The predicted molar refractivity (Wildman–Crippen MR) is 87.3 cm³/mol. The fourth-order valence-corrected chi connectivity index (χ4v) is 3.08. The Kier molecular flexibility index (Phi) is 4.54. The van der Waals surface area contributed by atoms with Gasteiger partial charge in [0.05, 0.1) is 22.7 Å². The average Bonchev–Trinajstić information content (AvgIpc) is 2.96. The van der Waals surface area contributed by atoms with E-state index in [4.69, 9.17) is 11.6 Å². The molecule has 24 heavy (non-hydrogen) atoms. The molecule has 0 fully saturated rings. The summed E-state index contributed by atoms with van der Waals surface area (Å²) in [5.41, 5.74) is 2.52. The molecule has 0 radical (unpaired) electrons. The van der Waals surface area contributed by atoms with Crippen molar-refractivity contribution in [3.05, 3.63) is 63.7 Å². The highest BCUT2D eigenvalue weighted by Crippen LogP contribution is 2.34. The molecule has 2 aromatic rings. The first kappa shape index (κ1) is 16.8. The lowest BCUT2D eigenvalue weighted by atomic mass is 10.0. The van der Waals surface area contributed by atoms with Gasteiger partial charge in [-0.25, -0.2) is 0 Å². The zero-order valence-corrected chi connectivity index (χ0v) is 13.5. The SMILES string of the molecule is O=C(Cc1ccc2c(c1)CCC2)Nc1cc(C(F)(F)F)ccc1Cl. The first-order valence-corrected chi connectivity index (χ1v) is 7.98. The summed E-state index contributed by atoms with van der Waals surface area (Å²) in [5, 5.41) is 2.54. The summed E-state index contributed by atoms with van der Waals surface area (Å²) in [4.78, 5) is 12.1. The van der Waals surface area contributed by atoms with Gasteiger partial charge in [-0.2, -0.15) is 13.2 Å². The lowest BCUT2D eigenvalue weighted by molar-refractivity contribution is -0.137. The molecule has 0 spiro atoms. The summed E-state index contributed by atoms with van der Waals surface area (Å²) in [7, 11) is 0. The molecule has 0 atom stereocenters. The molecule has 2 aromatic carbocycles. The predicted octanol–water partition coefficient (Wildman–Crippen LogP) is 5.03. The summed E-state index contributed by atoms with van der Waals surface area (Å²) in [5.74, 6) is -0.394. The maximum atomic E-state index is 12.8. The second-order valence-corrected chi connectivity index (χ2v) is 6.28. The molecule has 2 nitrogen and oxygen atoms in total.